The zero-order valence-corrected chi connectivity index (χ0v) is 12.3. The van der Waals surface area contributed by atoms with Crippen molar-refractivity contribution in [1.29, 1.82) is 0 Å². The van der Waals surface area contributed by atoms with E-state index in [9.17, 15) is 8.42 Å². The predicted molar refractivity (Wildman–Crippen MR) is 70.8 cm³/mol. The summed E-state index contributed by atoms with van der Waals surface area (Å²) in [5.74, 6) is 0. The maximum Gasteiger partial charge on any atom is 0.153 e. The minimum absolute atomic E-state index is 0.0843. The van der Waals surface area contributed by atoms with Crippen molar-refractivity contribution in [1.82, 2.24) is 5.32 Å². The van der Waals surface area contributed by atoms with Crippen molar-refractivity contribution in [3.63, 3.8) is 0 Å². The van der Waals surface area contributed by atoms with E-state index in [0.717, 1.165) is 0 Å². The van der Waals surface area contributed by atoms with Crippen molar-refractivity contribution < 1.29 is 13.5 Å². The maximum absolute atomic E-state index is 11.5. The molecule has 0 spiro atoms. The third-order valence-electron chi connectivity index (χ3n) is 2.89. The molecule has 0 bridgehead atoms. The van der Waals surface area contributed by atoms with E-state index in [4.69, 9.17) is 5.11 Å². The number of nitrogens with one attached hydrogen (secondary N) is 1. The number of rotatable bonds is 7. The number of thioether (sulfide) groups is 1. The molecule has 0 aliphatic heterocycles. The van der Waals surface area contributed by atoms with Crippen molar-refractivity contribution in [2.75, 3.05) is 25.7 Å². The van der Waals surface area contributed by atoms with Gasteiger partial charge in [0.25, 0.3) is 0 Å². The van der Waals surface area contributed by atoms with Gasteiger partial charge >= 0.3 is 0 Å². The van der Waals surface area contributed by atoms with Crippen LogP contribution in [0.15, 0.2) is 0 Å². The summed E-state index contributed by atoms with van der Waals surface area (Å²) < 4.78 is 22.2. The number of aliphatic hydroxyl groups excluding tert-OH is 1. The van der Waals surface area contributed by atoms with Gasteiger partial charge < -0.3 is 10.4 Å². The van der Waals surface area contributed by atoms with Crippen LogP contribution in [0.4, 0.5) is 0 Å². The molecule has 0 heterocycles. The summed E-state index contributed by atoms with van der Waals surface area (Å²) in [6.45, 7) is 5.85. The lowest BCUT2D eigenvalue weighted by atomic mass is 10.1. The number of aliphatic hydroxyl groups is 1. The van der Waals surface area contributed by atoms with E-state index < -0.39 is 14.6 Å². The Kier molecular flexibility index (Phi) is 6.32. The lowest BCUT2D eigenvalue weighted by Crippen LogP contribution is -2.47. The van der Waals surface area contributed by atoms with Gasteiger partial charge in [-0.1, -0.05) is 0 Å². The highest BCUT2D eigenvalue weighted by atomic mass is 32.2. The summed E-state index contributed by atoms with van der Waals surface area (Å²) in [6, 6.07) is 0.0843. The summed E-state index contributed by atoms with van der Waals surface area (Å²) in [4.78, 5) is 0. The maximum atomic E-state index is 11.5. The predicted octanol–water partition coefficient (Wildman–Crippen LogP) is 0.512. The van der Waals surface area contributed by atoms with Crippen LogP contribution < -0.4 is 5.32 Å². The van der Waals surface area contributed by atoms with Crippen molar-refractivity contribution in [2.45, 2.75) is 36.8 Å². The van der Waals surface area contributed by atoms with E-state index >= 15 is 0 Å². The fraction of sp³-hybridized carbons (Fsp3) is 1.00. The van der Waals surface area contributed by atoms with Gasteiger partial charge in [-0.05, 0) is 27.0 Å². The third kappa shape index (κ3) is 4.61. The molecule has 4 nitrogen and oxygen atoms in total. The van der Waals surface area contributed by atoms with E-state index in [2.05, 4.69) is 5.32 Å². The van der Waals surface area contributed by atoms with Crippen LogP contribution in [-0.2, 0) is 9.84 Å². The molecule has 98 valence electrons. The second-order valence-corrected chi connectivity index (χ2v) is 8.38. The highest BCUT2D eigenvalue weighted by Gasteiger charge is 2.30. The van der Waals surface area contributed by atoms with Gasteiger partial charge in [0.1, 0.15) is 0 Å². The number of hydrogen-bond acceptors (Lipinski definition) is 5. The fourth-order valence-electron chi connectivity index (χ4n) is 1.11. The van der Waals surface area contributed by atoms with Crippen LogP contribution in [0.5, 0.6) is 0 Å². The topological polar surface area (TPSA) is 66.4 Å². The first-order valence-electron chi connectivity index (χ1n) is 5.22. The summed E-state index contributed by atoms with van der Waals surface area (Å²) in [5.41, 5.74) is 0. The quantitative estimate of drug-likeness (QED) is 0.705. The van der Waals surface area contributed by atoms with Crippen LogP contribution in [-0.4, -0.2) is 55.2 Å². The van der Waals surface area contributed by atoms with Gasteiger partial charge in [-0.2, -0.15) is 11.8 Å². The zero-order chi connectivity index (χ0) is 13.0. The molecule has 0 aromatic heterocycles. The van der Waals surface area contributed by atoms with Crippen molar-refractivity contribution >= 4 is 21.6 Å². The van der Waals surface area contributed by atoms with Gasteiger partial charge in [-0.15, -0.1) is 0 Å². The van der Waals surface area contributed by atoms with Crippen LogP contribution in [0.25, 0.3) is 0 Å². The molecule has 0 saturated carbocycles. The highest BCUT2D eigenvalue weighted by Crippen LogP contribution is 2.16. The van der Waals surface area contributed by atoms with Gasteiger partial charge in [0.05, 0.1) is 11.4 Å². The lowest BCUT2D eigenvalue weighted by Gasteiger charge is -2.28. The van der Waals surface area contributed by atoms with Crippen molar-refractivity contribution in [3.05, 3.63) is 0 Å². The monoisotopic (exact) mass is 269 g/mol. The first kappa shape index (κ1) is 16.2. The van der Waals surface area contributed by atoms with E-state index in [1.807, 2.05) is 13.2 Å². The second-order valence-electron chi connectivity index (χ2n) is 4.66. The molecule has 0 amide bonds. The summed E-state index contributed by atoms with van der Waals surface area (Å²) in [6.07, 6.45) is 3.18. The molecular formula is C10H23NO3S2. The van der Waals surface area contributed by atoms with E-state index in [1.54, 1.807) is 25.6 Å². The van der Waals surface area contributed by atoms with Gasteiger partial charge in [-0.3, -0.25) is 0 Å². The average Bonchev–Trinajstić information content (AvgIpc) is 2.15. The highest BCUT2D eigenvalue weighted by molar-refractivity contribution is 7.99. The number of hydrogen-bond donors (Lipinski definition) is 2. The Morgan fingerprint density at radius 3 is 2.25 bits per heavy atom. The minimum Gasteiger partial charge on any atom is -0.395 e. The fourth-order valence-corrected chi connectivity index (χ4v) is 2.11. The molecule has 2 atom stereocenters. The smallest absolute Gasteiger partial charge is 0.153 e. The molecule has 0 rings (SSSR count). The van der Waals surface area contributed by atoms with Crippen LogP contribution >= 0.6 is 11.8 Å². The Balaban J connectivity index is 4.35. The molecule has 0 saturated heterocycles. The van der Waals surface area contributed by atoms with Gasteiger partial charge in [0, 0.05) is 24.1 Å². The molecule has 0 aromatic carbocycles. The van der Waals surface area contributed by atoms with Crippen LogP contribution in [0.1, 0.15) is 20.8 Å². The molecular weight excluding hydrogens is 246 g/mol. The summed E-state index contributed by atoms with van der Waals surface area (Å²) in [7, 11) is -3.07. The van der Waals surface area contributed by atoms with Gasteiger partial charge in [0.2, 0.25) is 0 Å². The minimum atomic E-state index is -3.07. The van der Waals surface area contributed by atoms with E-state index in [0.29, 0.717) is 6.54 Å². The van der Waals surface area contributed by atoms with Gasteiger partial charge in [-0.25, -0.2) is 8.42 Å². The molecule has 0 fully saturated rings. The van der Waals surface area contributed by atoms with E-state index in [1.165, 1.54) is 6.26 Å². The van der Waals surface area contributed by atoms with Crippen LogP contribution in [0, 0.1) is 0 Å². The molecule has 6 heteroatoms. The first-order valence-corrected chi connectivity index (χ1v) is 8.40. The molecule has 0 aliphatic rings. The van der Waals surface area contributed by atoms with Crippen molar-refractivity contribution in [2.24, 2.45) is 0 Å². The molecule has 0 radical (unpaired) electrons. The molecule has 2 N–H and O–H groups in total. The first-order chi connectivity index (χ1) is 7.15. The zero-order valence-electron chi connectivity index (χ0n) is 10.6. The Bertz CT molecular complexity index is 297. The summed E-state index contributed by atoms with van der Waals surface area (Å²) >= 11 is 1.57. The largest absolute Gasteiger partial charge is 0.395 e. The average molecular weight is 269 g/mol. The normalized spacial score (nSPS) is 17.1. The molecule has 16 heavy (non-hydrogen) atoms. The Labute approximate surface area is 103 Å². The lowest BCUT2D eigenvalue weighted by molar-refractivity contribution is 0.275. The SMILES string of the molecule is CSC(CO)C(C)NCC(C)(C)S(C)(=O)=O. The molecule has 0 aromatic rings. The molecule has 2 unspecified atom stereocenters. The van der Waals surface area contributed by atoms with Crippen molar-refractivity contribution in [3.8, 4) is 0 Å². The Morgan fingerprint density at radius 2 is 1.94 bits per heavy atom. The Hall–Kier alpha value is 0.220. The standard InChI is InChI=1S/C10H23NO3S2/c1-8(9(6-12)15-4)11-7-10(2,3)16(5,13)14/h8-9,11-12H,6-7H2,1-5H3. The number of sulfone groups is 1. The van der Waals surface area contributed by atoms with Gasteiger partial charge in [0.15, 0.2) is 9.84 Å². The third-order valence-corrected chi connectivity index (χ3v) is 6.21. The van der Waals surface area contributed by atoms with Crippen LogP contribution in [0.2, 0.25) is 0 Å². The Morgan fingerprint density at radius 1 is 1.44 bits per heavy atom. The molecule has 0 aliphatic carbocycles. The van der Waals surface area contributed by atoms with E-state index in [-0.39, 0.29) is 17.9 Å². The van der Waals surface area contributed by atoms with Crippen LogP contribution in [0.3, 0.4) is 0 Å². The summed E-state index contributed by atoms with van der Waals surface area (Å²) in [5, 5.41) is 12.4. The second kappa shape index (κ2) is 6.23.